The molecule has 0 spiro atoms. The second-order valence-corrected chi connectivity index (χ2v) is 5.34. The Labute approximate surface area is 125 Å². The lowest BCUT2D eigenvalue weighted by Crippen LogP contribution is -2.46. The molecule has 0 atom stereocenters. The van der Waals surface area contributed by atoms with Gasteiger partial charge >= 0.3 is 0 Å². The highest BCUT2D eigenvalue weighted by Crippen LogP contribution is 2.17. The standard InChI is InChI=1S/C17H19N3O/c21-14-16-10-17(12-18-11-16)20-8-6-19(7-9-20)13-15-4-2-1-3-5-15/h1-5,10-12,14H,6-9,13H2. The second kappa shape index (κ2) is 6.50. The van der Waals surface area contributed by atoms with Gasteiger partial charge in [0.25, 0.3) is 0 Å². The van der Waals surface area contributed by atoms with Crippen molar-refractivity contribution in [1.29, 1.82) is 0 Å². The summed E-state index contributed by atoms with van der Waals surface area (Å²) in [6.45, 7) is 5.00. The molecule has 1 aliphatic rings. The summed E-state index contributed by atoms with van der Waals surface area (Å²) in [5, 5.41) is 0. The Morgan fingerprint density at radius 2 is 1.81 bits per heavy atom. The Morgan fingerprint density at radius 1 is 1.05 bits per heavy atom. The fourth-order valence-electron chi connectivity index (χ4n) is 2.69. The maximum Gasteiger partial charge on any atom is 0.151 e. The van der Waals surface area contributed by atoms with Gasteiger partial charge in [-0.05, 0) is 11.6 Å². The molecule has 4 heteroatoms. The molecule has 1 saturated heterocycles. The van der Waals surface area contributed by atoms with Gasteiger partial charge in [-0.3, -0.25) is 14.7 Å². The van der Waals surface area contributed by atoms with Crippen LogP contribution in [-0.4, -0.2) is 42.3 Å². The first-order valence-electron chi connectivity index (χ1n) is 7.26. The summed E-state index contributed by atoms with van der Waals surface area (Å²) in [6, 6.07) is 12.5. The van der Waals surface area contributed by atoms with Gasteiger partial charge in [-0.2, -0.15) is 0 Å². The minimum absolute atomic E-state index is 0.638. The van der Waals surface area contributed by atoms with Crippen molar-refractivity contribution in [2.24, 2.45) is 0 Å². The molecule has 1 aliphatic heterocycles. The van der Waals surface area contributed by atoms with Crippen molar-refractivity contribution in [1.82, 2.24) is 9.88 Å². The predicted octanol–water partition coefficient (Wildman–Crippen LogP) is 2.22. The van der Waals surface area contributed by atoms with E-state index in [0.717, 1.165) is 44.7 Å². The van der Waals surface area contributed by atoms with Crippen LogP contribution < -0.4 is 4.90 Å². The summed E-state index contributed by atoms with van der Waals surface area (Å²) in [7, 11) is 0. The topological polar surface area (TPSA) is 36.4 Å². The van der Waals surface area contributed by atoms with Gasteiger partial charge in [-0.1, -0.05) is 30.3 Å². The van der Waals surface area contributed by atoms with Crippen LogP contribution in [-0.2, 0) is 6.54 Å². The van der Waals surface area contributed by atoms with E-state index in [2.05, 4.69) is 45.1 Å². The summed E-state index contributed by atoms with van der Waals surface area (Å²) < 4.78 is 0. The third-order valence-corrected chi connectivity index (χ3v) is 3.87. The highest BCUT2D eigenvalue weighted by molar-refractivity contribution is 5.76. The minimum Gasteiger partial charge on any atom is -0.368 e. The number of nitrogens with zero attached hydrogens (tertiary/aromatic N) is 3. The van der Waals surface area contributed by atoms with Gasteiger partial charge in [0.05, 0.1) is 11.9 Å². The number of piperazine rings is 1. The SMILES string of the molecule is O=Cc1cncc(N2CCN(Cc3ccccc3)CC2)c1. The van der Waals surface area contributed by atoms with Crippen molar-refractivity contribution in [2.75, 3.05) is 31.1 Å². The molecule has 1 aromatic heterocycles. The molecule has 21 heavy (non-hydrogen) atoms. The van der Waals surface area contributed by atoms with E-state index in [-0.39, 0.29) is 0 Å². The lowest BCUT2D eigenvalue weighted by atomic mass is 10.2. The zero-order valence-electron chi connectivity index (χ0n) is 12.0. The summed E-state index contributed by atoms with van der Waals surface area (Å²) in [6.07, 6.45) is 4.28. The van der Waals surface area contributed by atoms with Gasteiger partial charge < -0.3 is 4.90 Å². The third-order valence-electron chi connectivity index (χ3n) is 3.87. The Morgan fingerprint density at radius 3 is 2.52 bits per heavy atom. The summed E-state index contributed by atoms with van der Waals surface area (Å²) in [5.74, 6) is 0. The van der Waals surface area contributed by atoms with E-state index >= 15 is 0 Å². The number of hydrogen-bond acceptors (Lipinski definition) is 4. The van der Waals surface area contributed by atoms with E-state index in [1.165, 1.54) is 5.56 Å². The normalized spacial score (nSPS) is 15.9. The summed E-state index contributed by atoms with van der Waals surface area (Å²) >= 11 is 0. The van der Waals surface area contributed by atoms with Crippen LogP contribution in [0.5, 0.6) is 0 Å². The fraction of sp³-hybridized carbons (Fsp3) is 0.294. The predicted molar refractivity (Wildman–Crippen MR) is 83.6 cm³/mol. The fourth-order valence-corrected chi connectivity index (χ4v) is 2.69. The molecule has 3 rings (SSSR count). The second-order valence-electron chi connectivity index (χ2n) is 5.34. The monoisotopic (exact) mass is 281 g/mol. The largest absolute Gasteiger partial charge is 0.368 e. The molecule has 108 valence electrons. The van der Waals surface area contributed by atoms with Gasteiger partial charge in [0.15, 0.2) is 6.29 Å². The van der Waals surface area contributed by atoms with Crippen molar-refractivity contribution in [3.8, 4) is 0 Å². The number of anilines is 1. The van der Waals surface area contributed by atoms with E-state index in [1.54, 1.807) is 6.20 Å². The number of rotatable bonds is 4. The first-order chi connectivity index (χ1) is 10.3. The van der Waals surface area contributed by atoms with Gasteiger partial charge in [0.1, 0.15) is 0 Å². The van der Waals surface area contributed by atoms with Crippen LogP contribution in [0, 0.1) is 0 Å². The van der Waals surface area contributed by atoms with Crippen LogP contribution in [0.4, 0.5) is 5.69 Å². The number of carbonyl (C=O) groups excluding carboxylic acids is 1. The highest BCUT2D eigenvalue weighted by atomic mass is 16.1. The Hall–Kier alpha value is -2.20. The van der Waals surface area contributed by atoms with Crippen molar-refractivity contribution >= 4 is 12.0 Å². The molecule has 0 bridgehead atoms. The maximum absolute atomic E-state index is 10.8. The Kier molecular flexibility index (Phi) is 4.26. The molecule has 2 heterocycles. The first kappa shape index (κ1) is 13.8. The molecule has 0 N–H and O–H groups in total. The van der Waals surface area contributed by atoms with Crippen LogP contribution in [0.15, 0.2) is 48.8 Å². The van der Waals surface area contributed by atoms with E-state index in [9.17, 15) is 4.79 Å². The van der Waals surface area contributed by atoms with Gasteiger partial charge in [-0.15, -0.1) is 0 Å². The number of benzene rings is 1. The molecule has 1 fully saturated rings. The third kappa shape index (κ3) is 3.47. The lowest BCUT2D eigenvalue weighted by molar-refractivity contribution is 0.112. The van der Waals surface area contributed by atoms with E-state index in [0.29, 0.717) is 5.56 Å². The minimum atomic E-state index is 0.638. The number of carbonyl (C=O) groups is 1. The zero-order chi connectivity index (χ0) is 14.5. The van der Waals surface area contributed by atoms with Crippen LogP contribution in [0.1, 0.15) is 15.9 Å². The van der Waals surface area contributed by atoms with Crippen molar-refractivity contribution in [2.45, 2.75) is 6.54 Å². The molecular weight excluding hydrogens is 262 g/mol. The summed E-state index contributed by atoms with van der Waals surface area (Å²) in [5.41, 5.74) is 3.04. The Balaban J connectivity index is 1.58. The molecular formula is C17H19N3O. The molecule has 1 aromatic carbocycles. The highest BCUT2D eigenvalue weighted by Gasteiger charge is 2.17. The average Bonchev–Trinajstić information content (AvgIpc) is 2.56. The van der Waals surface area contributed by atoms with Crippen molar-refractivity contribution < 1.29 is 4.79 Å². The lowest BCUT2D eigenvalue weighted by Gasteiger charge is -2.36. The van der Waals surface area contributed by atoms with Crippen LogP contribution >= 0.6 is 0 Å². The van der Waals surface area contributed by atoms with Crippen LogP contribution in [0.3, 0.4) is 0 Å². The van der Waals surface area contributed by atoms with Gasteiger partial charge in [0, 0.05) is 44.5 Å². The van der Waals surface area contributed by atoms with Crippen molar-refractivity contribution in [3.05, 3.63) is 59.9 Å². The molecule has 0 aliphatic carbocycles. The molecule has 0 saturated carbocycles. The smallest absolute Gasteiger partial charge is 0.151 e. The number of aldehydes is 1. The molecule has 0 amide bonds. The van der Waals surface area contributed by atoms with Gasteiger partial charge in [0.2, 0.25) is 0 Å². The number of aromatic nitrogens is 1. The van der Waals surface area contributed by atoms with E-state index < -0.39 is 0 Å². The molecule has 2 aromatic rings. The van der Waals surface area contributed by atoms with Crippen LogP contribution in [0.25, 0.3) is 0 Å². The van der Waals surface area contributed by atoms with E-state index in [4.69, 9.17) is 0 Å². The number of hydrogen-bond donors (Lipinski definition) is 0. The maximum atomic E-state index is 10.8. The van der Waals surface area contributed by atoms with E-state index in [1.807, 2.05) is 12.3 Å². The molecule has 0 unspecified atom stereocenters. The number of pyridine rings is 1. The van der Waals surface area contributed by atoms with Gasteiger partial charge in [-0.25, -0.2) is 0 Å². The summed E-state index contributed by atoms with van der Waals surface area (Å²) in [4.78, 5) is 19.7. The molecule has 0 radical (unpaired) electrons. The quantitative estimate of drug-likeness (QED) is 0.805. The van der Waals surface area contributed by atoms with Crippen molar-refractivity contribution in [3.63, 3.8) is 0 Å². The average molecular weight is 281 g/mol. The Bertz CT molecular complexity index is 592. The first-order valence-corrected chi connectivity index (χ1v) is 7.26. The van der Waals surface area contributed by atoms with Crippen LogP contribution in [0.2, 0.25) is 0 Å². The molecule has 4 nitrogen and oxygen atoms in total. The zero-order valence-corrected chi connectivity index (χ0v) is 12.0.